The highest BCUT2D eigenvalue weighted by atomic mass is 16.7. The third-order valence-corrected chi connectivity index (χ3v) is 4.10. The molecule has 5 nitrogen and oxygen atoms in total. The summed E-state index contributed by atoms with van der Waals surface area (Å²) in [5.41, 5.74) is 3.15. The standard InChI is InChI=1S/C16H22N2O3/c1-12-9-13(2)11-14(10-12)17-15(19)18-5-3-16(4-6-18)20-7-8-21-16/h9-11H,3-8H2,1-2H3,(H,17,19). The molecule has 1 spiro atoms. The molecule has 0 unspecified atom stereocenters. The zero-order valence-electron chi connectivity index (χ0n) is 12.6. The van der Waals surface area contributed by atoms with Gasteiger partial charge in [-0.3, -0.25) is 0 Å². The minimum Gasteiger partial charge on any atom is -0.347 e. The Morgan fingerprint density at radius 2 is 1.67 bits per heavy atom. The van der Waals surface area contributed by atoms with E-state index in [-0.39, 0.29) is 6.03 Å². The van der Waals surface area contributed by atoms with Crippen LogP contribution in [0.5, 0.6) is 0 Å². The third-order valence-electron chi connectivity index (χ3n) is 4.10. The summed E-state index contributed by atoms with van der Waals surface area (Å²) in [4.78, 5) is 14.2. The van der Waals surface area contributed by atoms with Crippen molar-refractivity contribution in [3.8, 4) is 0 Å². The summed E-state index contributed by atoms with van der Waals surface area (Å²) in [6.07, 6.45) is 1.49. The van der Waals surface area contributed by atoms with Crippen molar-refractivity contribution >= 4 is 11.7 Å². The topological polar surface area (TPSA) is 50.8 Å². The summed E-state index contributed by atoms with van der Waals surface area (Å²) in [6.45, 7) is 6.71. The number of rotatable bonds is 1. The molecule has 21 heavy (non-hydrogen) atoms. The van der Waals surface area contributed by atoms with Crippen LogP contribution < -0.4 is 5.32 Å². The molecule has 2 aliphatic rings. The minimum absolute atomic E-state index is 0.0483. The van der Waals surface area contributed by atoms with Gasteiger partial charge in [-0.15, -0.1) is 0 Å². The molecule has 3 rings (SSSR count). The van der Waals surface area contributed by atoms with Gasteiger partial charge >= 0.3 is 6.03 Å². The lowest BCUT2D eigenvalue weighted by atomic mass is 10.0. The van der Waals surface area contributed by atoms with Crippen molar-refractivity contribution in [1.82, 2.24) is 4.90 Å². The van der Waals surface area contributed by atoms with E-state index in [0.717, 1.165) is 29.7 Å². The van der Waals surface area contributed by atoms with Crippen LogP contribution in [0, 0.1) is 13.8 Å². The number of ether oxygens (including phenoxy) is 2. The lowest BCUT2D eigenvalue weighted by Crippen LogP contribution is -2.48. The monoisotopic (exact) mass is 290 g/mol. The number of benzene rings is 1. The average Bonchev–Trinajstić information content (AvgIpc) is 2.86. The lowest BCUT2D eigenvalue weighted by molar-refractivity contribution is -0.181. The molecule has 0 aliphatic carbocycles. The Morgan fingerprint density at radius 3 is 2.24 bits per heavy atom. The van der Waals surface area contributed by atoms with Crippen molar-refractivity contribution in [2.45, 2.75) is 32.5 Å². The quantitative estimate of drug-likeness (QED) is 0.865. The number of anilines is 1. The number of amides is 2. The molecule has 2 saturated heterocycles. The lowest BCUT2D eigenvalue weighted by Gasteiger charge is -2.37. The van der Waals surface area contributed by atoms with E-state index in [2.05, 4.69) is 11.4 Å². The fraction of sp³-hybridized carbons (Fsp3) is 0.562. The highest BCUT2D eigenvalue weighted by Crippen LogP contribution is 2.31. The Bertz CT molecular complexity index is 508. The Morgan fingerprint density at radius 1 is 1.10 bits per heavy atom. The first kappa shape index (κ1) is 14.4. The van der Waals surface area contributed by atoms with Crippen molar-refractivity contribution in [3.63, 3.8) is 0 Å². The van der Waals surface area contributed by atoms with Crippen molar-refractivity contribution in [2.75, 3.05) is 31.6 Å². The van der Waals surface area contributed by atoms with Crippen molar-refractivity contribution in [2.24, 2.45) is 0 Å². The van der Waals surface area contributed by atoms with Gasteiger partial charge in [-0.2, -0.15) is 0 Å². The van der Waals surface area contributed by atoms with Crippen LogP contribution >= 0.6 is 0 Å². The molecule has 2 heterocycles. The van der Waals surface area contributed by atoms with Crippen LogP contribution in [-0.2, 0) is 9.47 Å². The van der Waals surface area contributed by atoms with Gasteiger partial charge in [-0.05, 0) is 37.1 Å². The summed E-state index contributed by atoms with van der Waals surface area (Å²) in [7, 11) is 0. The maximum Gasteiger partial charge on any atom is 0.321 e. The number of urea groups is 1. The molecule has 1 N–H and O–H groups in total. The van der Waals surface area contributed by atoms with E-state index in [1.807, 2.05) is 30.9 Å². The zero-order valence-corrected chi connectivity index (χ0v) is 12.6. The van der Waals surface area contributed by atoms with E-state index < -0.39 is 5.79 Å². The summed E-state index contributed by atoms with van der Waals surface area (Å²) in [6, 6.07) is 6.02. The van der Waals surface area contributed by atoms with Crippen LogP contribution in [0.1, 0.15) is 24.0 Å². The Hall–Kier alpha value is -1.59. The van der Waals surface area contributed by atoms with Gasteiger partial charge in [0.05, 0.1) is 13.2 Å². The minimum atomic E-state index is -0.434. The van der Waals surface area contributed by atoms with E-state index in [9.17, 15) is 4.79 Å². The summed E-state index contributed by atoms with van der Waals surface area (Å²) >= 11 is 0. The molecule has 2 amide bonds. The zero-order chi connectivity index (χ0) is 14.9. The molecule has 114 valence electrons. The van der Waals surface area contributed by atoms with Gasteiger partial charge in [0.2, 0.25) is 0 Å². The van der Waals surface area contributed by atoms with Gasteiger partial charge < -0.3 is 19.7 Å². The largest absolute Gasteiger partial charge is 0.347 e. The van der Waals surface area contributed by atoms with Gasteiger partial charge in [0.25, 0.3) is 0 Å². The molecule has 1 aromatic carbocycles. The molecule has 0 aromatic heterocycles. The van der Waals surface area contributed by atoms with E-state index >= 15 is 0 Å². The summed E-state index contributed by atoms with van der Waals surface area (Å²) in [5.74, 6) is -0.434. The number of nitrogens with one attached hydrogen (secondary N) is 1. The first-order valence-electron chi connectivity index (χ1n) is 7.48. The van der Waals surface area contributed by atoms with E-state index in [4.69, 9.17) is 9.47 Å². The first-order valence-corrected chi connectivity index (χ1v) is 7.48. The predicted octanol–water partition coefficient (Wildman–Crippen LogP) is 2.67. The SMILES string of the molecule is Cc1cc(C)cc(NC(=O)N2CCC3(CC2)OCCO3)c1. The molecule has 0 bridgehead atoms. The van der Waals surface area contributed by atoms with Crippen molar-refractivity contribution in [1.29, 1.82) is 0 Å². The number of likely N-dealkylation sites (tertiary alicyclic amines) is 1. The normalized spacial score (nSPS) is 20.8. The fourth-order valence-electron chi connectivity index (χ4n) is 3.09. The number of aryl methyl sites for hydroxylation is 2. The molecule has 0 saturated carbocycles. The molecule has 2 fully saturated rings. The molecule has 1 aromatic rings. The maximum atomic E-state index is 12.3. The molecule has 5 heteroatoms. The van der Waals surface area contributed by atoms with Gasteiger partial charge in [-0.1, -0.05) is 6.07 Å². The highest BCUT2D eigenvalue weighted by Gasteiger charge is 2.40. The van der Waals surface area contributed by atoms with Crippen LogP contribution in [0.3, 0.4) is 0 Å². The number of carbonyl (C=O) groups is 1. The second-order valence-corrected chi connectivity index (χ2v) is 5.90. The van der Waals surface area contributed by atoms with E-state index in [1.54, 1.807) is 0 Å². The van der Waals surface area contributed by atoms with Gasteiger partial charge in [0, 0.05) is 31.6 Å². The summed E-state index contributed by atoms with van der Waals surface area (Å²) < 4.78 is 11.4. The van der Waals surface area contributed by atoms with E-state index in [0.29, 0.717) is 26.3 Å². The Balaban J connectivity index is 1.59. The number of hydrogen-bond donors (Lipinski definition) is 1. The third kappa shape index (κ3) is 3.19. The number of piperidine rings is 1. The molecule has 0 radical (unpaired) electrons. The maximum absolute atomic E-state index is 12.3. The van der Waals surface area contributed by atoms with E-state index in [1.165, 1.54) is 0 Å². The van der Waals surface area contributed by atoms with Crippen LogP contribution in [-0.4, -0.2) is 43.0 Å². The van der Waals surface area contributed by atoms with Crippen LogP contribution in [0.2, 0.25) is 0 Å². The van der Waals surface area contributed by atoms with Gasteiger partial charge in [0.15, 0.2) is 5.79 Å². The van der Waals surface area contributed by atoms with Gasteiger partial charge in [0.1, 0.15) is 0 Å². The van der Waals surface area contributed by atoms with Crippen LogP contribution in [0.4, 0.5) is 10.5 Å². The fourth-order valence-corrected chi connectivity index (χ4v) is 3.09. The van der Waals surface area contributed by atoms with Crippen molar-refractivity contribution in [3.05, 3.63) is 29.3 Å². The second-order valence-electron chi connectivity index (χ2n) is 5.90. The van der Waals surface area contributed by atoms with Crippen LogP contribution in [0.15, 0.2) is 18.2 Å². The molecular weight excluding hydrogens is 268 g/mol. The van der Waals surface area contributed by atoms with Crippen LogP contribution in [0.25, 0.3) is 0 Å². The number of carbonyl (C=O) groups excluding carboxylic acids is 1. The average molecular weight is 290 g/mol. The Kier molecular flexibility index (Phi) is 3.87. The van der Waals surface area contributed by atoms with Crippen molar-refractivity contribution < 1.29 is 14.3 Å². The first-order chi connectivity index (χ1) is 10.1. The second kappa shape index (κ2) is 5.66. The number of hydrogen-bond acceptors (Lipinski definition) is 3. The van der Waals surface area contributed by atoms with Gasteiger partial charge in [-0.25, -0.2) is 4.79 Å². The highest BCUT2D eigenvalue weighted by molar-refractivity contribution is 5.89. The smallest absolute Gasteiger partial charge is 0.321 e. The predicted molar refractivity (Wildman–Crippen MR) is 80.4 cm³/mol. The Labute approximate surface area is 125 Å². The molecule has 2 aliphatic heterocycles. The number of nitrogens with zero attached hydrogens (tertiary/aromatic N) is 1. The molecule has 0 atom stereocenters. The summed E-state index contributed by atoms with van der Waals surface area (Å²) in [5, 5.41) is 2.98. The molecular formula is C16H22N2O3.